The molecule has 2 atom stereocenters. The van der Waals surface area contributed by atoms with Gasteiger partial charge in [0.05, 0.1) is 0 Å². The summed E-state index contributed by atoms with van der Waals surface area (Å²) in [6.07, 6.45) is 7.95. The van der Waals surface area contributed by atoms with Gasteiger partial charge in [-0.3, -0.25) is 9.11 Å². The van der Waals surface area contributed by atoms with E-state index in [1.165, 1.54) is 37.7 Å². The molecule has 0 spiro atoms. The second-order valence-corrected chi connectivity index (χ2v) is 9.08. The first-order valence-corrected chi connectivity index (χ1v) is 11.6. The second kappa shape index (κ2) is 11.1. The number of phenols is 1. The lowest BCUT2D eigenvalue weighted by Gasteiger charge is -2.32. The van der Waals surface area contributed by atoms with Crippen molar-refractivity contribution < 1.29 is 22.6 Å². The molecule has 1 fully saturated rings. The lowest BCUT2D eigenvalue weighted by atomic mass is 9.85. The van der Waals surface area contributed by atoms with Gasteiger partial charge in [-0.1, -0.05) is 59.1 Å². The van der Waals surface area contributed by atoms with Gasteiger partial charge in [-0.05, 0) is 54.7 Å². The Bertz CT molecular complexity index is 704. The molecule has 0 bridgehead atoms. The smallest absolute Gasteiger partial charge is 0.394 e. The van der Waals surface area contributed by atoms with Crippen LogP contribution >= 0.6 is 0 Å². The van der Waals surface area contributed by atoms with Crippen molar-refractivity contribution >= 4 is 10.4 Å². The number of benzene rings is 1. The molecule has 6 nitrogen and oxygen atoms in total. The van der Waals surface area contributed by atoms with Crippen LogP contribution in [0.2, 0.25) is 0 Å². The van der Waals surface area contributed by atoms with Crippen LogP contribution in [0.3, 0.4) is 0 Å². The highest BCUT2D eigenvalue weighted by molar-refractivity contribution is 7.79. The van der Waals surface area contributed by atoms with Gasteiger partial charge in [-0.25, -0.2) is 0 Å². The van der Waals surface area contributed by atoms with Crippen LogP contribution < -0.4 is 5.32 Å². The van der Waals surface area contributed by atoms with Gasteiger partial charge >= 0.3 is 10.4 Å². The summed E-state index contributed by atoms with van der Waals surface area (Å²) in [6, 6.07) is 5.61. The van der Waals surface area contributed by atoms with Gasteiger partial charge in [0, 0.05) is 12.1 Å². The maximum absolute atomic E-state index is 10.3. The molecule has 7 heteroatoms. The van der Waals surface area contributed by atoms with Gasteiger partial charge in [0.25, 0.3) is 0 Å². The van der Waals surface area contributed by atoms with Crippen LogP contribution in [0.4, 0.5) is 0 Å². The fourth-order valence-electron chi connectivity index (χ4n) is 3.96. The maximum atomic E-state index is 10.3. The van der Waals surface area contributed by atoms with Gasteiger partial charge in [-0.15, -0.1) is 0 Å². The van der Waals surface area contributed by atoms with E-state index in [1.807, 2.05) is 6.92 Å². The van der Waals surface area contributed by atoms with Crippen LogP contribution in [0.15, 0.2) is 12.1 Å². The Labute approximate surface area is 170 Å². The molecular formula is C21H37NO5S. The first-order chi connectivity index (χ1) is 12.9. The summed E-state index contributed by atoms with van der Waals surface area (Å²) in [5.41, 5.74) is 3.45. The fourth-order valence-corrected chi connectivity index (χ4v) is 3.96. The molecule has 1 aromatic rings. The summed E-state index contributed by atoms with van der Waals surface area (Å²) >= 11 is 0. The van der Waals surface area contributed by atoms with E-state index in [2.05, 4.69) is 45.1 Å². The normalized spacial score (nSPS) is 17.7. The molecule has 2 rings (SSSR count). The first kappa shape index (κ1) is 24.9. The Morgan fingerprint density at radius 3 is 2.11 bits per heavy atom. The molecule has 2 unspecified atom stereocenters. The molecule has 162 valence electrons. The third-order valence-corrected chi connectivity index (χ3v) is 5.60. The van der Waals surface area contributed by atoms with Gasteiger partial charge in [0.15, 0.2) is 0 Å². The number of aryl methyl sites for hydroxylation is 1. The number of rotatable bonds is 6. The predicted molar refractivity (Wildman–Crippen MR) is 114 cm³/mol. The molecule has 1 aliphatic rings. The van der Waals surface area contributed by atoms with Crippen molar-refractivity contribution in [2.24, 2.45) is 0 Å². The third-order valence-electron chi connectivity index (χ3n) is 5.60. The molecule has 0 aromatic heterocycles. The van der Waals surface area contributed by atoms with Crippen LogP contribution in [0, 0.1) is 6.92 Å². The Kier molecular flexibility index (Phi) is 9.90. The van der Waals surface area contributed by atoms with E-state index in [1.54, 1.807) is 0 Å². The van der Waals surface area contributed by atoms with Crippen LogP contribution in [-0.2, 0) is 10.4 Å². The summed E-state index contributed by atoms with van der Waals surface area (Å²) in [4.78, 5) is 0. The average molecular weight is 416 g/mol. The maximum Gasteiger partial charge on any atom is 0.394 e. The van der Waals surface area contributed by atoms with E-state index in [0.29, 0.717) is 29.7 Å². The average Bonchev–Trinajstić information content (AvgIpc) is 2.60. The van der Waals surface area contributed by atoms with Crippen molar-refractivity contribution in [3.05, 3.63) is 28.8 Å². The third kappa shape index (κ3) is 8.47. The van der Waals surface area contributed by atoms with Crippen molar-refractivity contribution in [3.8, 4) is 5.75 Å². The number of aromatic hydroxyl groups is 1. The largest absolute Gasteiger partial charge is 0.507 e. The predicted octanol–water partition coefficient (Wildman–Crippen LogP) is 4.98. The van der Waals surface area contributed by atoms with Gasteiger partial charge in [-0.2, -0.15) is 8.42 Å². The fraction of sp³-hybridized carbons (Fsp3) is 0.714. The van der Waals surface area contributed by atoms with Crippen LogP contribution in [0.5, 0.6) is 5.75 Å². The minimum absolute atomic E-state index is 0.354. The molecule has 0 heterocycles. The van der Waals surface area contributed by atoms with Crippen LogP contribution in [0.1, 0.15) is 94.7 Å². The first-order valence-electron chi connectivity index (χ1n) is 10.2. The minimum Gasteiger partial charge on any atom is -0.507 e. The van der Waals surface area contributed by atoms with E-state index in [4.69, 9.17) is 17.5 Å². The molecular weight excluding hydrogens is 378 g/mol. The number of hydrogen-bond donors (Lipinski definition) is 4. The standard InChI is InChI=1S/C21H35NO.H2O4S/c1-6-20(22-18-10-8-7-9-11-18)16(5)17-12-15(4)21(23)19(13-17)14(2)3;1-5(2,3)4/h12-14,16,18,20,22-23H,6-11H2,1-5H3;(H2,1,2,3,4). The Morgan fingerprint density at radius 1 is 1.11 bits per heavy atom. The molecule has 1 aliphatic carbocycles. The van der Waals surface area contributed by atoms with E-state index >= 15 is 0 Å². The lowest BCUT2D eigenvalue weighted by Crippen LogP contribution is -2.42. The minimum atomic E-state index is -4.67. The topological polar surface area (TPSA) is 107 Å². The zero-order valence-corrected chi connectivity index (χ0v) is 18.6. The van der Waals surface area contributed by atoms with Gasteiger partial charge in [0.1, 0.15) is 5.75 Å². The molecule has 28 heavy (non-hydrogen) atoms. The molecule has 0 amide bonds. The molecule has 0 saturated heterocycles. The number of hydrogen-bond acceptors (Lipinski definition) is 4. The molecule has 4 N–H and O–H groups in total. The molecule has 1 aromatic carbocycles. The highest BCUT2D eigenvalue weighted by atomic mass is 32.3. The summed E-state index contributed by atoms with van der Waals surface area (Å²) in [5, 5.41) is 14.2. The van der Waals surface area contributed by atoms with E-state index in [-0.39, 0.29) is 0 Å². The monoisotopic (exact) mass is 415 g/mol. The van der Waals surface area contributed by atoms with Crippen LogP contribution in [0.25, 0.3) is 0 Å². The van der Waals surface area contributed by atoms with Crippen LogP contribution in [-0.4, -0.2) is 34.7 Å². The van der Waals surface area contributed by atoms with E-state index in [0.717, 1.165) is 17.5 Å². The zero-order chi connectivity index (χ0) is 21.5. The number of phenolic OH excluding ortho intramolecular Hbond substituents is 1. The Balaban J connectivity index is 0.000000696. The summed E-state index contributed by atoms with van der Waals surface area (Å²) in [5.74, 6) is 1.30. The molecule has 0 aliphatic heterocycles. The molecule has 1 saturated carbocycles. The van der Waals surface area contributed by atoms with Crippen molar-refractivity contribution in [2.75, 3.05) is 0 Å². The van der Waals surface area contributed by atoms with E-state index < -0.39 is 10.4 Å². The Morgan fingerprint density at radius 2 is 1.64 bits per heavy atom. The van der Waals surface area contributed by atoms with Gasteiger partial charge in [0.2, 0.25) is 0 Å². The Hall–Kier alpha value is -1.15. The van der Waals surface area contributed by atoms with Gasteiger partial charge < -0.3 is 10.4 Å². The highest BCUT2D eigenvalue weighted by Gasteiger charge is 2.23. The summed E-state index contributed by atoms with van der Waals surface area (Å²) in [6.45, 7) is 10.9. The van der Waals surface area contributed by atoms with Crippen molar-refractivity contribution in [1.29, 1.82) is 0 Å². The summed E-state index contributed by atoms with van der Waals surface area (Å²) < 4.78 is 31.6. The SMILES string of the molecule is CCC(NC1CCCCC1)C(C)c1cc(C)c(O)c(C(C)C)c1.O=S(=O)(O)O. The van der Waals surface area contributed by atoms with Crippen molar-refractivity contribution in [3.63, 3.8) is 0 Å². The van der Waals surface area contributed by atoms with Crippen molar-refractivity contribution in [2.45, 2.75) is 97.1 Å². The quantitative estimate of drug-likeness (QED) is 0.488. The van der Waals surface area contributed by atoms with Crippen molar-refractivity contribution in [1.82, 2.24) is 5.32 Å². The molecule has 0 radical (unpaired) electrons. The van der Waals surface area contributed by atoms with E-state index in [9.17, 15) is 5.11 Å². The highest BCUT2D eigenvalue weighted by Crippen LogP contribution is 2.34. The lowest BCUT2D eigenvalue weighted by molar-refractivity contribution is 0.311. The summed E-state index contributed by atoms with van der Waals surface area (Å²) in [7, 11) is -4.67. The second-order valence-electron chi connectivity index (χ2n) is 8.18. The number of nitrogens with one attached hydrogen (secondary N) is 1. The zero-order valence-electron chi connectivity index (χ0n) is 17.8.